The van der Waals surface area contributed by atoms with Crippen LogP contribution in [0.2, 0.25) is 0 Å². The summed E-state index contributed by atoms with van der Waals surface area (Å²) in [5.74, 6) is 1.94. The summed E-state index contributed by atoms with van der Waals surface area (Å²) in [6, 6.07) is 8.60. The van der Waals surface area contributed by atoms with Crippen molar-refractivity contribution in [3.63, 3.8) is 0 Å². The van der Waals surface area contributed by atoms with Crippen molar-refractivity contribution in [1.29, 1.82) is 0 Å². The summed E-state index contributed by atoms with van der Waals surface area (Å²) in [6.45, 7) is 10.0. The minimum absolute atomic E-state index is 0.241. The molecule has 0 saturated carbocycles. The number of aliphatic imine (C=N–C) groups is 1. The number of nitrogens with zero attached hydrogens (tertiary/aromatic N) is 2. The molecule has 0 amide bonds. The standard InChI is InChI=1S/C21H38N4O/c1-6-22-21(24-15-19(10-11-26)12-17(2)3)23-14-18-8-7-9-20(13-18)16-25(4)5/h7-9,13,17,19,26H,6,10-12,14-16H2,1-5H3,(H2,22,23,24). The van der Waals surface area contributed by atoms with Crippen LogP contribution in [0.3, 0.4) is 0 Å². The lowest BCUT2D eigenvalue weighted by molar-refractivity contribution is 0.243. The molecule has 1 rings (SSSR count). The normalized spacial score (nSPS) is 13.3. The molecular formula is C21H38N4O. The van der Waals surface area contributed by atoms with Gasteiger partial charge in [-0.25, -0.2) is 4.99 Å². The van der Waals surface area contributed by atoms with Crippen molar-refractivity contribution in [2.75, 3.05) is 33.8 Å². The third kappa shape index (κ3) is 9.78. The number of nitrogens with one attached hydrogen (secondary N) is 2. The Morgan fingerprint density at radius 1 is 1.19 bits per heavy atom. The van der Waals surface area contributed by atoms with Gasteiger partial charge in [0.05, 0.1) is 6.54 Å². The molecule has 0 heterocycles. The Hall–Kier alpha value is -1.59. The summed E-state index contributed by atoms with van der Waals surface area (Å²) in [5.41, 5.74) is 2.52. The highest BCUT2D eigenvalue weighted by Crippen LogP contribution is 2.14. The maximum atomic E-state index is 9.28. The van der Waals surface area contributed by atoms with Crippen LogP contribution in [0.15, 0.2) is 29.3 Å². The topological polar surface area (TPSA) is 59.9 Å². The molecule has 0 saturated heterocycles. The lowest BCUT2D eigenvalue weighted by Crippen LogP contribution is -2.40. The van der Waals surface area contributed by atoms with Crippen molar-refractivity contribution < 1.29 is 5.11 Å². The van der Waals surface area contributed by atoms with E-state index in [0.29, 0.717) is 18.4 Å². The Labute approximate surface area is 159 Å². The quantitative estimate of drug-likeness (QED) is 0.418. The largest absolute Gasteiger partial charge is 0.396 e. The van der Waals surface area contributed by atoms with Crippen molar-refractivity contribution in [2.45, 2.75) is 46.7 Å². The highest BCUT2D eigenvalue weighted by atomic mass is 16.3. The molecule has 0 aliphatic rings. The minimum atomic E-state index is 0.241. The zero-order chi connectivity index (χ0) is 19.4. The molecule has 26 heavy (non-hydrogen) atoms. The molecule has 5 nitrogen and oxygen atoms in total. The number of hydrogen-bond acceptors (Lipinski definition) is 3. The summed E-state index contributed by atoms with van der Waals surface area (Å²) in [6.07, 6.45) is 1.94. The number of aliphatic hydroxyl groups is 1. The summed E-state index contributed by atoms with van der Waals surface area (Å²) in [4.78, 5) is 6.90. The van der Waals surface area contributed by atoms with Gasteiger partial charge >= 0.3 is 0 Å². The molecule has 0 spiro atoms. The van der Waals surface area contributed by atoms with E-state index in [9.17, 15) is 5.11 Å². The summed E-state index contributed by atoms with van der Waals surface area (Å²) in [5, 5.41) is 16.0. The fourth-order valence-electron chi connectivity index (χ4n) is 3.10. The average Bonchev–Trinajstić information content (AvgIpc) is 2.56. The van der Waals surface area contributed by atoms with E-state index in [1.165, 1.54) is 11.1 Å². The average molecular weight is 363 g/mol. The van der Waals surface area contributed by atoms with Gasteiger partial charge < -0.3 is 20.6 Å². The highest BCUT2D eigenvalue weighted by molar-refractivity contribution is 5.79. The molecule has 0 radical (unpaired) electrons. The van der Waals surface area contributed by atoms with Crippen LogP contribution >= 0.6 is 0 Å². The van der Waals surface area contributed by atoms with E-state index >= 15 is 0 Å². The van der Waals surface area contributed by atoms with E-state index in [1.807, 2.05) is 0 Å². The van der Waals surface area contributed by atoms with E-state index < -0.39 is 0 Å². The highest BCUT2D eigenvalue weighted by Gasteiger charge is 2.11. The van der Waals surface area contributed by atoms with Gasteiger partial charge in [-0.2, -0.15) is 0 Å². The third-order valence-electron chi connectivity index (χ3n) is 4.15. The predicted octanol–water partition coefficient (Wildman–Crippen LogP) is 2.85. The monoisotopic (exact) mass is 362 g/mol. The van der Waals surface area contributed by atoms with Crippen LogP contribution in [0, 0.1) is 11.8 Å². The third-order valence-corrected chi connectivity index (χ3v) is 4.15. The minimum Gasteiger partial charge on any atom is -0.396 e. The summed E-state index contributed by atoms with van der Waals surface area (Å²) in [7, 11) is 4.16. The first-order valence-corrected chi connectivity index (χ1v) is 9.80. The van der Waals surface area contributed by atoms with Gasteiger partial charge in [-0.05, 0) is 56.8 Å². The predicted molar refractivity (Wildman–Crippen MR) is 111 cm³/mol. The summed E-state index contributed by atoms with van der Waals surface area (Å²) >= 11 is 0. The Morgan fingerprint density at radius 2 is 1.92 bits per heavy atom. The van der Waals surface area contributed by atoms with Crippen molar-refractivity contribution in [3.8, 4) is 0 Å². The van der Waals surface area contributed by atoms with Crippen molar-refractivity contribution >= 4 is 5.96 Å². The van der Waals surface area contributed by atoms with Gasteiger partial charge in [-0.1, -0.05) is 38.1 Å². The van der Waals surface area contributed by atoms with Crippen LogP contribution in [0.1, 0.15) is 44.7 Å². The fourth-order valence-corrected chi connectivity index (χ4v) is 3.10. The van der Waals surface area contributed by atoms with Gasteiger partial charge in [0.15, 0.2) is 5.96 Å². The van der Waals surface area contributed by atoms with E-state index in [4.69, 9.17) is 4.99 Å². The fraction of sp³-hybridized carbons (Fsp3) is 0.667. The number of hydrogen-bond donors (Lipinski definition) is 3. The van der Waals surface area contributed by atoms with Crippen LogP contribution < -0.4 is 10.6 Å². The first-order chi connectivity index (χ1) is 12.4. The molecule has 1 aromatic rings. The molecule has 148 valence electrons. The maximum absolute atomic E-state index is 9.28. The Balaban J connectivity index is 2.67. The zero-order valence-corrected chi connectivity index (χ0v) is 17.3. The summed E-state index contributed by atoms with van der Waals surface area (Å²) < 4.78 is 0. The number of rotatable bonds is 11. The van der Waals surface area contributed by atoms with Crippen LogP contribution in [0.25, 0.3) is 0 Å². The lowest BCUT2D eigenvalue weighted by Gasteiger charge is -2.20. The first-order valence-electron chi connectivity index (χ1n) is 9.80. The second-order valence-electron chi connectivity index (χ2n) is 7.64. The van der Waals surface area contributed by atoms with Crippen molar-refractivity contribution in [1.82, 2.24) is 15.5 Å². The Kier molecular flexibility index (Phi) is 11.0. The Bertz CT molecular complexity index is 528. The van der Waals surface area contributed by atoms with Crippen LogP contribution in [0.4, 0.5) is 0 Å². The molecule has 1 aromatic carbocycles. The Morgan fingerprint density at radius 3 is 2.54 bits per heavy atom. The smallest absolute Gasteiger partial charge is 0.191 e. The molecule has 5 heteroatoms. The van der Waals surface area contributed by atoms with E-state index in [-0.39, 0.29) is 6.61 Å². The molecule has 0 fully saturated rings. The van der Waals surface area contributed by atoms with E-state index in [0.717, 1.165) is 38.4 Å². The number of benzene rings is 1. The van der Waals surface area contributed by atoms with Crippen LogP contribution in [-0.4, -0.2) is 49.8 Å². The van der Waals surface area contributed by atoms with Gasteiger partial charge in [0, 0.05) is 26.2 Å². The maximum Gasteiger partial charge on any atom is 0.191 e. The van der Waals surface area contributed by atoms with E-state index in [1.54, 1.807) is 0 Å². The van der Waals surface area contributed by atoms with Crippen molar-refractivity contribution in [3.05, 3.63) is 35.4 Å². The van der Waals surface area contributed by atoms with E-state index in [2.05, 4.69) is 74.7 Å². The first kappa shape index (κ1) is 22.5. The molecule has 0 bridgehead atoms. The molecule has 3 N–H and O–H groups in total. The number of aliphatic hydroxyl groups excluding tert-OH is 1. The SMILES string of the molecule is CCNC(=NCc1cccc(CN(C)C)c1)NCC(CCO)CC(C)C. The van der Waals surface area contributed by atoms with Gasteiger partial charge in [0.1, 0.15) is 0 Å². The van der Waals surface area contributed by atoms with Crippen LogP contribution in [0.5, 0.6) is 0 Å². The molecular weight excluding hydrogens is 324 g/mol. The molecule has 1 atom stereocenters. The second kappa shape index (κ2) is 12.7. The number of guanidine groups is 1. The van der Waals surface area contributed by atoms with Gasteiger partial charge in [0.25, 0.3) is 0 Å². The lowest BCUT2D eigenvalue weighted by atomic mass is 9.94. The van der Waals surface area contributed by atoms with Crippen LogP contribution in [-0.2, 0) is 13.1 Å². The van der Waals surface area contributed by atoms with Gasteiger partial charge in [-0.3, -0.25) is 0 Å². The molecule has 0 aromatic heterocycles. The van der Waals surface area contributed by atoms with Gasteiger partial charge in [-0.15, -0.1) is 0 Å². The molecule has 0 aliphatic heterocycles. The van der Waals surface area contributed by atoms with Crippen molar-refractivity contribution in [2.24, 2.45) is 16.8 Å². The molecule has 0 aliphatic carbocycles. The second-order valence-corrected chi connectivity index (χ2v) is 7.64. The zero-order valence-electron chi connectivity index (χ0n) is 17.3. The molecule has 1 unspecified atom stereocenters. The van der Waals surface area contributed by atoms with Gasteiger partial charge in [0.2, 0.25) is 0 Å².